The zero-order valence-electron chi connectivity index (χ0n) is 11.8. The average molecular weight is 298 g/mol. The maximum atomic E-state index is 4.41. The first-order valence-corrected chi connectivity index (χ1v) is 7.92. The van der Waals surface area contributed by atoms with E-state index >= 15 is 0 Å². The number of nitrogens with one attached hydrogen (secondary N) is 1. The molecule has 0 atom stereocenters. The van der Waals surface area contributed by atoms with Crippen LogP contribution in [0.5, 0.6) is 0 Å². The second-order valence-electron chi connectivity index (χ2n) is 4.88. The van der Waals surface area contributed by atoms with Gasteiger partial charge in [-0.3, -0.25) is 4.68 Å². The van der Waals surface area contributed by atoms with Crippen molar-refractivity contribution in [3.05, 3.63) is 70.4 Å². The van der Waals surface area contributed by atoms with Gasteiger partial charge in [0.1, 0.15) is 0 Å². The molecule has 5 heteroatoms. The van der Waals surface area contributed by atoms with E-state index in [4.69, 9.17) is 0 Å². The molecule has 0 aliphatic rings. The predicted octanol–water partition coefficient (Wildman–Crippen LogP) is 2.72. The zero-order chi connectivity index (χ0) is 14.3. The molecule has 1 N–H and O–H groups in total. The van der Waals surface area contributed by atoms with Gasteiger partial charge in [-0.05, 0) is 5.56 Å². The molecule has 0 fully saturated rings. The standard InChI is InChI=1S/C16H18N4S/c1-2-4-14(5-3-1)12-20-13-15(11-19-20)10-17-7-6-16-18-8-9-21-16/h1-5,8-9,11,13,17H,6-7,10,12H2. The van der Waals surface area contributed by atoms with Gasteiger partial charge in [0.05, 0.1) is 17.7 Å². The van der Waals surface area contributed by atoms with E-state index in [1.54, 1.807) is 11.3 Å². The molecule has 21 heavy (non-hydrogen) atoms. The van der Waals surface area contributed by atoms with Gasteiger partial charge in [-0.25, -0.2) is 4.98 Å². The molecule has 3 aromatic rings. The van der Waals surface area contributed by atoms with Crippen molar-refractivity contribution in [1.29, 1.82) is 0 Å². The summed E-state index contributed by atoms with van der Waals surface area (Å²) < 4.78 is 1.98. The Balaban J connectivity index is 1.44. The van der Waals surface area contributed by atoms with Gasteiger partial charge in [0.25, 0.3) is 0 Å². The molecule has 0 spiro atoms. The fourth-order valence-electron chi connectivity index (χ4n) is 2.16. The molecule has 108 valence electrons. The molecule has 0 saturated heterocycles. The molecule has 0 bridgehead atoms. The lowest BCUT2D eigenvalue weighted by atomic mass is 10.2. The lowest BCUT2D eigenvalue weighted by molar-refractivity contribution is 0.674. The molecule has 0 aliphatic heterocycles. The first kappa shape index (κ1) is 14.0. The summed E-state index contributed by atoms with van der Waals surface area (Å²) in [5, 5.41) is 11.0. The van der Waals surface area contributed by atoms with Crippen LogP contribution in [0.25, 0.3) is 0 Å². The molecule has 0 unspecified atom stereocenters. The minimum Gasteiger partial charge on any atom is -0.312 e. The Morgan fingerprint density at radius 2 is 2.05 bits per heavy atom. The van der Waals surface area contributed by atoms with Gasteiger partial charge in [-0.1, -0.05) is 30.3 Å². The minimum atomic E-state index is 0.819. The Bertz CT molecular complexity index is 646. The monoisotopic (exact) mass is 298 g/mol. The van der Waals surface area contributed by atoms with E-state index in [9.17, 15) is 0 Å². The molecule has 2 heterocycles. The third kappa shape index (κ3) is 4.24. The molecule has 0 saturated carbocycles. The summed E-state index contributed by atoms with van der Waals surface area (Å²) >= 11 is 1.71. The first-order chi connectivity index (χ1) is 10.4. The van der Waals surface area contributed by atoms with Crippen LogP contribution in [0, 0.1) is 0 Å². The Hall–Kier alpha value is -1.98. The van der Waals surface area contributed by atoms with Crippen molar-refractivity contribution in [2.24, 2.45) is 0 Å². The van der Waals surface area contributed by atoms with E-state index in [2.05, 4.69) is 45.9 Å². The van der Waals surface area contributed by atoms with Crippen LogP contribution < -0.4 is 5.32 Å². The number of rotatable bonds is 7. The third-order valence-corrected chi connectivity index (χ3v) is 4.04. The zero-order valence-corrected chi connectivity index (χ0v) is 12.6. The van der Waals surface area contributed by atoms with Gasteiger partial charge < -0.3 is 5.32 Å². The van der Waals surface area contributed by atoms with Crippen molar-refractivity contribution >= 4 is 11.3 Å². The topological polar surface area (TPSA) is 42.7 Å². The predicted molar refractivity (Wildman–Crippen MR) is 85.3 cm³/mol. The summed E-state index contributed by atoms with van der Waals surface area (Å²) in [4.78, 5) is 4.27. The number of thiazole rings is 1. The maximum absolute atomic E-state index is 4.41. The van der Waals surface area contributed by atoms with E-state index in [0.717, 1.165) is 26.1 Å². The lowest BCUT2D eigenvalue weighted by Crippen LogP contribution is -2.16. The average Bonchev–Trinajstić information content (AvgIpc) is 3.17. The van der Waals surface area contributed by atoms with Gasteiger partial charge in [0, 0.05) is 42.8 Å². The van der Waals surface area contributed by atoms with E-state index in [-0.39, 0.29) is 0 Å². The van der Waals surface area contributed by atoms with Gasteiger partial charge in [-0.15, -0.1) is 11.3 Å². The van der Waals surface area contributed by atoms with Crippen LogP contribution >= 0.6 is 11.3 Å². The van der Waals surface area contributed by atoms with Crippen molar-refractivity contribution in [2.75, 3.05) is 6.54 Å². The normalized spacial score (nSPS) is 10.9. The van der Waals surface area contributed by atoms with Crippen molar-refractivity contribution < 1.29 is 0 Å². The highest BCUT2D eigenvalue weighted by molar-refractivity contribution is 7.09. The first-order valence-electron chi connectivity index (χ1n) is 7.04. The number of hydrogen-bond donors (Lipinski definition) is 1. The van der Waals surface area contributed by atoms with Gasteiger partial charge in [-0.2, -0.15) is 5.10 Å². The molecular weight excluding hydrogens is 280 g/mol. The van der Waals surface area contributed by atoms with Crippen molar-refractivity contribution in [3.8, 4) is 0 Å². The summed E-state index contributed by atoms with van der Waals surface area (Å²) in [5.41, 5.74) is 2.48. The molecule has 1 aromatic carbocycles. The molecular formula is C16H18N4S. The van der Waals surface area contributed by atoms with Gasteiger partial charge in [0.15, 0.2) is 0 Å². The van der Waals surface area contributed by atoms with E-state index in [0.29, 0.717) is 0 Å². The summed E-state index contributed by atoms with van der Waals surface area (Å²) in [7, 11) is 0. The van der Waals surface area contributed by atoms with Crippen molar-refractivity contribution in [1.82, 2.24) is 20.1 Å². The Morgan fingerprint density at radius 1 is 1.14 bits per heavy atom. The molecule has 0 radical (unpaired) electrons. The maximum Gasteiger partial charge on any atom is 0.0937 e. The number of hydrogen-bond acceptors (Lipinski definition) is 4. The Kier molecular flexibility index (Phi) is 4.76. The third-order valence-electron chi connectivity index (χ3n) is 3.20. The fourth-order valence-corrected chi connectivity index (χ4v) is 2.78. The van der Waals surface area contributed by atoms with Gasteiger partial charge in [0.2, 0.25) is 0 Å². The quantitative estimate of drug-likeness (QED) is 0.682. The van der Waals surface area contributed by atoms with Crippen LogP contribution in [-0.4, -0.2) is 21.3 Å². The van der Waals surface area contributed by atoms with Crippen LogP contribution in [-0.2, 0) is 19.5 Å². The SMILES string of the molecule is c1ccc(Cn2cc(CNCCc3nccs3)cn2)cc1. The smallest absolute Gasteiger partial charge is 0.0937 e. The highest BCUT2D eigenvalue weighted by Gasteiger charge is 2.00. The highest BCUT2D eigenvalue weighted by Crippen LogP contribution is 2.05. The molecule has 0 aliphatic carbocycles. The minimum absolute atomic E-state index is 0.819. The van der Waals surface area contributed by atoms with Crippen LogP contribution in [0.1, 0.15) is 16.1 Å². The number of aromatic nitrogens is 3. The molecule has 0 amide bonds. The fraction of sp³-hybridized carbons (Fsp3) is 0.250. The Morgan fingerprint density at radius 3 is 2.86 bits per heavy atom. The van der Waals surface area contributed by atoms with E-state index < -0.39 is 0 Å². The summed E-state index contributed by atoms with van der Waals surface area (Å²) in [6.45, 7) is 2.61. The summed E-state index contributed by atoms with van der Waals surface area (Å²) in [5.74, 6) is 0. The van der Waals surface area contributed by atoms with E-state index in [1.807, 2.05) is 28.5 Å². The summed E-state index contributed by atoms with van der Waals surface area (Å²) in [6.07, 6.45) is 6.87. The van der Waals surface area contributed by atoms with Crippen LogP contribution in [0.4, 0.5) is 0 Å². The van der Waals surface area contributed by atoms with Gasteiger partial charge >= 0.3 is 0 Å². The van der Waals surface area contributed by atoms with Crippen LogP contribution in [0.15, 0.2) is 54.3 Å². The van der Waals surface area contributed by atoms with Crippen molar-refractivity contribution in [2.45, 2.75) is 19.5 Å². The second kappa shape index (κ2) is 7.15. The van der Waals surface area contributed by atoms with Crippen LogP contribution in [0.2, 0.25) is 0 Å². The molecule has 4 nitrogen and oxygen atoms in total. The van der Waals surface area contributed by atoms with Crippen LogP contribution in [0.3, 0.4) is 0 Å². The number of nitrogens with zero attached hydrogens (tertiary/aromatic N) is 3. The molecule has 3 rings (SSSR count). The van der Waals surface area contributed by atoms with Crippen molar-refractivity contribution in [3.63, 3.8) is 0 Å². The van der Waals surface area contributed by atoms with E-state index in [1.165, 1.54) is 16.1 Å². The lowest BCUT2D eigenvalue weighted by Gasteiger charge is -2.02. The number of benzene rings is 1. The highest BCUT2D eigenvalue weighted by atomic mass is 32.1. The largest absolute Gasteiger partial charge is 0.312 e. The summed E-state index contributed by atoms with van der Waals surface area (Å²) in [6, 6.07) is 10.4. The molecule has 2 aromatic heterocycles. The Labute approximate surface area is 128 Å². The second-order valence-corrected chi connectivity index (χ2v) is 5.86.